The molecule has 0 aliphatic heterocycles. The summed E-state index contributed by atoms with van der Waals surface area (Å²) in [4.78, 5) is 24.6. The summed E-state index contributed by atoms with van der Waals surface area (Å²) in [7, 11) is 1.59. The maximum atomic E-state index is 12.1. The number of amides is 2. The number of nitrogens with one attached hydrogen (secondary N) is 1. The van der Waals surface area contributed by atoms with Gasteiger partial charge in [0, 0.05) is 19.7 Å². The first-order valence-electron chi connectivity index (χ1n) is 6.43. The predicted molar refractivity (Wildman–Crippen MR) is 70.9 cm³/mol. The fraction of sp³-hybridized carbons (Fsp3) is 0.692. The highest BCUT2D eigenvalue weighted by Crippen LogP contribution is 2.18. The van der Waals surface area contributed by atoms with Crippen LogP contribution in [0.25, 0.3) is 0 Å². The smallest absolute Gasteiger partial charge is 0.318 e. The first-order valence-corrected chi connectivity index (χ1v) is 6.43. The van der Waals surface area contributed by atoms with E-state index in [9.17, 15) is 9.59 Å². The number of carbonyl (C=O) groups is 2. The molecule has 0 heterocycles. The molecule has 2 atom stereocenters. The van der Waals surface area contributed by atoms with Gasteiger partial charge in [-0.2, -0.15) is 0 Å². The second-order valence-electron chi connectivity index (χ2n) is 4.90. The Kier molecular flexibility index (Phi) is 5.82. The summed E-state index contributed by atoms with van der Waals surface area (Å²) in [6.45, 7) is 4.85. The zero-order valence-electron chi connectivity index (χ0n) is 11.6. The average molecular weight is 270 g/mol. The second-order valence-corrected chi connectivity index (χ2v) is 4.90. The number of urea groups is 1. The van der Waals surface area contributed by atoms with Crippen molar-refractivity contribution >= 4 is 12.0 Å². The van der Waals surface area contributed by atoms with Crippen LogP contribution in [0.2, 0.25) is 0 Å². The second kappa shape index (κ2) is 7.13. The Balaban J connectivity index is 2.49. The number of hydrogen-bond donors (Lipinski definition) is 2. The van der Waals surface area contributed by atoms with Gasteiger partial charge in [0.1, 0.15) is 0 Å². The van der Waals surface area contributed by atoms with E-state index in [0.717, 1.165) is 0 Å². The minimum Gasteiger partial charge on any atom is -0.481 e. The lowest BCUT2D eigenvalue weighted by Crippen LogP contribution is -2.48. The van der Waals surface area contributed by atoms with E-state index in [1.165, 1.54) is 0 Å². The largest absolute Gasteiger partial charge is 0.481 e. The lowest BCUT2D eigenvalue weighted by Gasteiger charge is -2.28. The van der Waals surface area contributed by atoms with Crippen LogP contribution in [0.15, 0.2) is 12.2 Å². The molecule has 0 bridgehead atoms. The van der Waals surface area contributed by atoms with Crippen molar-refractivity contribution in [3.63, 3.8) is 0 Å². The summed E-state index contributed by atoms with van der Waals surface area (Å²) in [6.07, 6.45) is 3.78. The highest BCUT2D eigenvalue weighted by molar-refractivity contribution is 5.76. The van der Waals surface area contributed by atoms with Crippen molar-refractivity contribution in [1.29, 1.82) is 0 Å². The summed E-state index contributed by atoms with van der Waals surface area (Å²) < 4.78 is 4.98. The van der Waals surface area contributed by atoms with Crippen LogP contribution >= 0.6 is 0 Å². The Morgan fingerprint density at radius 2 is 2.16 bits per heavy atom. The SMILES string of the molecule is COCCN(C(=O)NC1C=CC(C(=O)O)C1)C(C)C. The fourth-order valence-electron chi connectivity index (χ4n) is 2.01. The molecular weight excluding hydrogens is 248 g/mol. The predicted octanol–water partition coefficient (Wildman–Crippen LogP) is 1.08. The zero-order chi connectivity index (χ0) is 14.4. The Morgan fingerprint density at radius 1 is 1.47 bits per heavy atom. The highest BCUT2D eigenvalue weighted by atomic mass is 16.5. The van der Waals surface area contributed by atoms with Gasteiger partial charge in [0.15, 0.2) is 0 Å². The average Bonchev–Trinajstić information content (AvgIpc) is 2.77. The van der Waals surface area contributed by atoms with Crippen LogP contribution in [-0.2, 0) is 9.53 Å². The molecule has 0 aromatic carbocycles. The van der Waals surface area contributed by atoms with Gasteiger partial charge in [-0.25, -0.2) is 4.79 Å². The summed E-state index contributed by atoms with van der Waals surface area (Å²) in [5, 5.41) is 11.7. The molecule has 0 spiro atoms. The molecular formula is C13H22N2O4. The molecule has 2 amide bonds. The maximum absolute atomic E-state index is 12.1. The van der Waals surface area contributed by atoms with E-state index in [-0.39, 0.29) is 18.1 Å². The van der Waals surface area contributed by atoms with E-state index >= 15 is 0 Å². The van der Waals surface area contributed by atoms with Crippen molar-refractivity contribution in [2.75, 3.05) is 20.3 Å². The quantitative estimate of drug-likeness (QED) is 0.708. The number of hydrogen-bond acceptors (Lipinski definition) is 3. The van der Waals surface area contributed by atoms with E-state index in [2.05, 4.69) is 5.32 Å². The molecule has 19 heavy (non-hydrogen) atoms. The molecule has 0 fully saturated rings. The summed E-state index contributed by atoms with van der Waals surface area (Å²) in [5.74, 6) is -1.36. The molecule has 6 nitrogen and oxygen atoms in total. The van der Waals surface area contributed by atoms with Gasteiger partial charge in [0.2, 0.25) is 0 Å². The van der Waals surface area contributed by atoms with Gasteiger partial charge >= 0.3 is 12.0 Å². The molecule has 2 N–H and O–H groups in total. The molecule has 1 aliphatic carbocycles. The zero-order valence-corrected chi connectivity index (χ0v) is 11.6. The van der Waals surface area contributed by atoms with E-state index in [1.807, 2.05) is 13.8 Å². The Labute approximate surface area is 113 Å². The van der Waals surface area contributed by atoms with E-state index in [4.69, 9.17) is 9.84 Å². The number of carboxylic acids is 1. The first kappa shape index (κ1) is 15.5. The standard InChI is InChI=1S/C13H22N2O4/c1-9(2)15(6-7-19-3)13(18)14-11-5-4-10(8-11)12(16)17/h4-5,9-11H,6-8H2,1-3H3,(H,14,18)(H,16,17). The lowest BCUT2D eigenvalue weighted by molar-refractivity contribution is -0.140. The number of rotatable bonds is 6. The molecule has 0 saturated carbocycles. The summed E-state index contributed by atoms with van der Waals surface area (Å²) >= 11 is 0. The van der Waals surface area contributed by atoms with Crippen LogP contribution in [0, 0.1) is 5.92 Å². The van der Waals surface area contributed by atoms with Crippen LogP contribution in [0.3, 0.4) is 0 Å². The molecule has 6 heteroatoms. The van der Waals surface area contributed by atoms with Crippen LogP contribution in [0.5, 0.6) is 0 Å². The van der Waals surface area contributed by atoms with Crippen LogP contribution < -0.4 is 5.32 Å². The van der Waals surface area contributed by atoms with Gasteiger partial charge in [-0.1, -0.05) is 12.2 Å². The number of carbonyl (C=O) groups excluding carboxylic acids is 1. The fourth-order valence-corrected chi connectivity index (χ4v) is 2.01. The monoisotopic (exact) mass is 270 g/mol. The van der Waals surface area contributed by atoms with E-state index in [0.29, 0.717) is 19.6 Å². The topological polar surface area (TPSA) is 78.9 Å². The highest BCUT2D eigenvalue weighted by Gasteiger charge is 2.27. The Hall–Kier alpha value is -1.56. The van der Waals surface area contributed by atoms with Crippen molar-refractivity contribution in [3.8, 4) is 0 Å². The van der Waals surface area contributed by atoms with Crippen LogP contribution in [-0.4, -0.2) is 54.4 Å². The van der Waals surface area contributed by atoms with Gasteiger partial charge in [0.05, 0.1) is 18.6 Å². The van der Waals surface area contributed by atoms with Gasteiger partial charge in [-0.15, -0.1) is 0 Å². The normalized spacial score (nSPS) is 21.7. The minimum absolute atomic E-state index is 0.0656. The molecule has 1 aliphatic rings. The van der Waals surface area contributed by atoms with Gasteiger partial charge in [0.25, 0.3) is 0 Å². The lowest BCUT2D eigenvalue weighted by atomic mass is 10.1. The molecule has 0 aromatic rings. The number of carboxylic acid groups (broad SMARTS) is 1. The molecule has 0 saturated heterocycles. The molecule has 1 rings (SSSR count). The van der Waals surface area contributed by atoms with Crippen LogP contribution in [0.4, 0.5) is 4.79 Å². The minimum atomic E-state index is -0.854. The summed E-state index contributed by atoms with van der Waals surface area (Å²) in [6, 6.07) is -0.332. The number of nitrogens with zero attached hydrogens (tertiary/aromatic N) is 1. The number of methoxy groups -OCH3 is 1. The molecule has 2 unspecified atom stereocenters. The van der Waals surface area contributed by atoms with Gasteiger partial charge in [-0.05, 0) is 20.3 Å². The van der Waals surface area contributed by atoms with Crippen molar-refractivity contribution in [2.24, 2.45) is 5.92 Å². The van der Waals surface area contributed by atoms with Gasteiger partial charge in [-0.3, -0.25) is 4.79 Å². The van der Waals surface area contributed by atoms with Crippen molar-refractivity contribution in [1.82, 2.24) is 10.2 Å². The van der Waals surface area contributed by atoms with Crippen molar-refractivity contribution in [2.45, 2.75) is 32.4 Å². The van der Waals surface area contributed by atoms with Crippen molar-refractivity contribution in [3.05, 3.63) is 12.2 Å². The first-order chi connectivity index (χ1) is 8.95. The third kappa shape index (κ3) is 4.55. The van der Waals surface area contributed by atoms with E-state index < -0.39 is 11.9 Å². The molecule has 0 aromatic heterocycles. The van der Waals surface area contributed by atoms with Gasteiger partial charge < -0.3 is 20.1 Å². The third-order valence-electron chi connectivity index (χ3n) is 3.13. The third-order valence-corrected chi connectivity index (χ3v) is 3.13. The Morgan fingerprint density at radius 3 is 2.63 bits per heavy atom. The Bertz CT molecular complexity index is 355. The molecule has 108 valence electrons. The molecule has 0 radical (unpaired) electrons. The maximum Gasteiger partial charge on any atom is 0.318 e. The number of ether oxygens (including phenoxy) is 1. The van der Waals surface area contributed by atoms with Crippen LogP contribution in [0.1, 0.15) is 20.3 Å². The van der Waals surface area contributed by atoms with E-state index in [1.54, 1.807) is 24.2 Å². The summed E-state index contributed by atoms with van der Waals surface area (Å²) in [5.41, 5.74) is 0. The van der Waals surface area contributed by atoms with Crippen molar-refractivity contribution < 1.29 is 19.4 Å². The number of aliphatic carboxylic acids is 1.